The minimum atomic E-state index is -1.00. The lowest BCUT2D eigenvalue weighted by Gasteiger charge is -2.11. The van der Waals surface area contributed by atoms with E-state index in [1.165, 1.54) is 4.88 Å². The Labute approximate surface area is 109 Å². The zero-order valence-corrected chi connectivity index (χ0v) is 10.8. The number of rotatable bonds is 4. The molecular formula is C12H15NO4S. The molecule has 1 amide bonds. The van der Waals surface area contributed by atoms with Gasteiger partial charge in [0.15, 0.2) is 6.10 Å². The summed E-state index contributed by atoms with van der Waals surface area (Å²) in [5.74, 6) is -1.23. The van der Waals surface area contributed by atoms with E-state index in [-0.39, 0.29) is 5.91 Å². The van der Waals surface area contributed by atoms with Crippen molar-refractivity contribution in [1.82, 2.24) is 5.32 Å². The molecule has 0 aromatic carbocycles. The van der Waals surface area contributed by atoms with E-state index in [1.54, 1.807) is 11.3 Å². The first-order valence-electron chi connectivity index (χ1n) is 5.77. The Balaban J connectivity index is 1.80. The maximum atomic E-state index is 11.8. The summed E-state index contributed by atoms with van der Waals surface area (Å²) in [6, 6.07) is 3.97. The highest BCUT2D eigenvalue weighted by Crippen LogP contribution is 2.20. The van der Waals surface area contributed by atoms with Gasteiger partial charge in [0.2, 0.25) is 5.91 Å². The van der Waals surface area contributed by atoms with Crippen LogP contribution in [0, 0.1) is 6.92 Å². The number of thiophene rings is 1. The number of carbonyl (C=O) groups excluding carboxylic acids is 1. The van der Waals surface area contributed by atoms with Gasteiger partial charge in [-0.05, 0) is 31.9 Å². The number of nitrogens with one attached hydrogen (secondary N) is 1. The maximum Gasteiger partial charge on any atom is 0.332 e. The van der Waals surface area contributed by atoms with Crippen molar-refractivity contribution in [2.45, 2.75) is 38.5 Å². The average Bonchev–Trinajstić information content (AvgIpc) is 2.94. The zero-order chi connectivity index (χ0) is 13.1. The molecule has 0 spiro atoms. The Hall–Kier alpha value is -1.40. The Kier molecular flexibility index (Phi) is 3.98. The number of amides is 1. The van der Waals surface area contributed by atoms with E-state index in [9.17, 15) is 9.59 Å². The minimum absolute atomic E-state index is 0.232. The fourth-order valence-electron chi connectivity index (χ4n) is 1.88. The van der Waals surface area contributed by atoms with Crippen LogP contribution in [0.5, 0.6) is 0 Å². The van der Waals surface area contributed by atoms with Crippen LogP contribution in [0.3, 0.4) is 0 Å². The number of hydrogen-bond donors (Lipinski definition) is 2. The van der Waals surface area contributed by atoms with Crippen molar-refractivity contribution in [3.8, 4) is 0 Å². The smallest absolute Gasteiger partial charge is 0.332 e. The molecule has 1 aliphatic rings. The first kappa shape index (κ1) is 13.0. The molecule has 0 aliphatic carbocycles. The quantitative estimate of drug-likeness (QED) is 0.864. The third kappa shape index (κ3) is 3.08. The predicted molar refractivity (Wildman–Crippen MR) is 66.4 cm³/mol. The second kappa shape index (κ2) is 5.49. The molecule has 1 fully saturated rings. The monoisotopic (exact) mass is 269 g/mol. The van der Waals surface area contributed by atoms with Crippen LogP contribution in [0.4, 0.5) is 0 Å². The lowest BCUT2D eigenvalue weighted by molar-refractivity contribution is -0.151. The maximum absolute atomic E-state index is 11.8. The van der Waals surface area contributed by atoms with Crippen LogP contribution in [-0.2, 0) is 20.9 Å². The molecule has 1 aromatic heterocycles. The molecule has 0 saturated carbocycles. The Morgan fingerprint density at radius 3 is 2.72 bits per heavy atom. The molecule has 6 heteroatoms. The van der Waals surface area contributed by atoms with Crippen molar-refractivity contribution in [3.63, 3.8) is 0 Å². The van der Waals surface area contributed by atoms with E-state index in [2.05, 4.69) is 5.32 Å². The number of aliphatic carboxylic acids is 1. The number of carboxylic acid groups (broad SMARTS) is 1. The van der Waals surface area contributed by atoms with E-state index >= 15 is 0 Å². The summed E-state index contributed by atoms with van der Waals surface area (Å²) >= 11 is 1.63. The number of hydrogen-bond acceptors (Lipinski definition) is 4. The predicted octanol–water partition coefficient (Wildman–Crippen LogP) is 1.30. The van der Waals surface area contributed by atoms with Gasteiger partial charge < -0.3 is 15.2 Å². The SMILES string of the molecule is Cc1ccc(CNC(=O)C2CCC(C(=O)O)O2)s1. The lowest BCUT2D eigenvalue weighted by Crippen LogP contribution is -2.35. The number of carboxylic acids is 1. The van der Waals surface area contributed by atoms with Gasteiger partial charge in [-0.15, -0.1) is 11.3 Å². The molecular weight excluding hydrogens is 254 g/mol. The van der Waals surface area contributed by atoms with Crippen molar-refractivity contribution >= 4 is 23.2 Å². The molecule has 2 heterocycles. The van der Waals surface area contributed by atoms with Gasteiger partial charge in [-0.3, -0.25) is 4.79 Å². The molecule has 2 atom stereocenters. The molecule has 0 radical (unpaired) electrons. The molecule has 2 N–H and O–H groups in total. The molecule has 1 aliphatic heterocycles. The lowest BCUT2D eigenvalue weighted by atomic mass is 10.2. The summed E-state index contributed by atoms with van der Waals surface area (Å²) in [5.41, 5.74) is 0. The van der Waals surface area contributed by atoms with E-state index < -0.39 is 18.2 Å². The Morgan fingerprint density at radius 2 is 2.17 bits per heavy atom. The summed E-state index contributed by atoms with van der Waals surface area (Å²) in [4.78, 5) is 24.7. The summed E-state index contributed by atoms with van der Waals surface area (Å²) in [6.07, 6.45) is -0.616. The molecule has 18 heavy (non-hydrogen) atoms. The van der Waals surface area contributed by atoms with E-state index in [0.29, 0.717) is 19.4 Å². The average molecular weight is 269 g/mol. The minimum Gasteiger partial charge on any atom is -0.479 e. The molecule has 1 aromatic rings. The Morgan fingerprint density at radius 1 is 1.44 bits per heavy atom. The van der Waals surface area contributed by atoms with Crippen LogP contribution in [0.25, 0.3) is 0 Å². The van der Waals surface area contributed by atoms with Crippen molar-refractivity contribution in [2.24, 2.45) is 0 Å². The van der Waals surface area contributed by atoms with Gasteiger partial charge in [0.1, 0.15) is 6.10 Å². The normalized spacial score (nSPS) is 22.9. The van der Waals surface area contributed by atoms with Gasteiger partial charge in [0, 0.05) is 9.75 Å². The largest absolute Gasteiger partial charge is 0.479 e. The summed E-state index contributed by atoms with van der Waals surface area (Å²) in [5, 5.41) is 11.5. The fraction of sp³-hybridized carbons (Fsp3) is 0.500. The highest BCUT2D eigenvalue weighted by molar-refractivity contribution is 7.11. The Bertz CT molecular complexity index is 457. The van der Waals surface area contributed by atoms with Gasteiger partial charge in [-0.25, -0.2) is 4.79 Å². The van der Waals surface area contributed by atoms with Crippen LogP contribution < -0.4 is 5.32 Å². The second-order valence-electron chi connectivity index (χ2n) is 4.26. The summed E-state index contributed by atoms with van der Waals surface area (Å²) in [7, 11) is 0. The molecule has 1 saturated heterocycles. The summed E-state index contributed by atoms with van der Waals surface area (Å²) in [6.45, 7) is 2.47. The molecule has 2 rings (SSSR count). The first-order valence-corrected chi connectivity index (χ1v) is 6.59. The van der Waals surface area contributed by atoms with Crippen LogP contribution in [-0.4, -0.2) is 29.2 Å². The third-order valence-corrected chi connectivity index (χ3v) is 3.82. The van der Waals surface area contributed by atoms with Crippen LogP contribution in [0.1, 0.15) is 22.6 Å². The van der Waals surface area contributed by atoms with E-state index in [1.807, 2.05) is 19.1 Å². The number of aryl methyl sites for hydroxylation is 1. The molecule has 0 bridgehead atoms. The van der Waals surface area contributed by atoms with Gasteiger partial charge >= 0.3 is 5.97 Å². The van der Waals surface area contributed by atoms with Crippen molar-refractivity contribution < 1.29 is 19.4 Å². The van der Waals surface area contributed by atoms with Crippen LogP contribution in [0.15, 0.2) is 12.1 Å². The van der Waals surface area contributed by atoms with Crippen LogP contribution >= 0.6 is 11.3 Å². The van der Waals surface area contributed by atoms with Gasteiger partial charge in [0.05, 0.1) is 6.54 Å². The van der Waals surface area contributed by atoms with Crippen molar-refractivity contribution in [3.05, 3.63) is 21.9 Å². The topological polar surface area (TPSA) is 75.6 Å². The van der Waals surface area contributed by atoms with Crippen molar-refractivity contribution in [1.29, 1.82) is 0 Å². The number of ether oxygens (including phenoxy) is 1. The molecule has 2 unspecified atom stereocenters. The first-order chi connectivity index (χ1) is 8.56. The van der Waals surface area contributed by atoms with Crippen molar-refractivity contribution in [2.75, 3.05) is 0 Å². The zero-order valence-electron chi connectivity index (χ0n) is 10.0. The highest BCUT2D eigenvalue weighted by Gasteiger charge is 2.34. The van der Waals surface area contributed by atoms with Crippen LogP contribution in [0.2, 0.25) is 0 Å². The third-order valence-electron chi connectivity index (χ3n) is 2.82. The van der Waals surface area contributed by atoms with E-state index in [4.69, 9.17) is 9.84 Å². The molecule has 5 nitrogen and oxygen atoms in total. The van der Waals surface area contributed by atoms with Gasteiger partial charge in [-0.2, -0.15) is 0 Å². The highest BCUT2D eigenvalue weighted by atomic mass is 32.1. The standard InChI is InChI=1S/C12H15NO4S/c1-7-2-3-8(18-7)6-13-11(14)9-4-5-10(17-9)12(15)16/h2-3,9-10H,4-6H2,1H3,(H,13,14)(H,15,16). The van der Waals surface area contributed by atoms with Gasteiger partial charge in [0.25, 0.3) is 0 Å². The van der Waals surface area contributed by atoms with Gasteiger partial charge in [-0.1, -0.05) is 0 Å². The fourth-order valence-corrected chi connectivity index (χ4v) is 2.71. The number of carbonyl (C=O) groups is 2. The van der Waals surface area contributed by atoms with E-state index in [0.717, 1.165) is 4.88 Å². The second-order valence-corrected chi connectivity index (χ2v) is 5.63. The molecule has 98 valence electrons. The summed E-state index contributed by atoms with van der Waals surface area (Å²) < 4.78 is 5.17.